The summed E-state index contributed by atoms with van der Waals surface area (Å²) >= 11 is -1.16. The zero-order valence-corrected chi connectivity index (χ0v) is 16.5. The van der Waals surface area contributed by atoms with Crippen molar-refractivity contribution in [2.75, 3.05) is 0 Å². The molecule has 0 aliphatic rings. The van der Waals surface area contributed by atoms with E-state index in [0.29, 0.717) is 6.61 Å². The van der Waals surface area contributed by atoms with E-state index in [4.69, 9.17) is 4.74 Å². The van der Waals surface area contributed by atoms with Crippen molar-refractivity contribution in [1.82, 2.24) is 9.71 Å². The molecule has 1 aromatic heterocycles. The Hall–Kier alpha value is -1.56. The fraction of sp³-hybridized carbons (Fsp3) is 0.450. The lowest BCUT2D eigenvalue weighted by molar-refractivity contribution is 0.304. The van der Waals surface area contributed by atoms with Crippen LogP contribution in [0.2, 0.25) is 0 Å². The van der Waals surface area contributed by atoms with Crippen LogP contribution < -0.4 is 9.46 Å². The van der Waals surface area contributed by atoms with Crippen LogP contribution in [0.25, 0.3) is 0 Å². The number of benzene rings is 1. The van der Waals surface area contributed by atoms with Gasteiger partial charge in [-0.15, -0.1) is 4.72 Å². The van der Waals surface area contributed by atoms with Crippen molar-refractivity contribution in [1.29, 1.82) is 0 Å². The minimum absolute atomic E-state index is 0.0969. The normalized spacial score (nSPS) is 14.4. The number of pyridine rings is 1. The van der Waals surface area contributed by atoms with E-state index < -0.39 is 11.4 Å². The smallest absolute Gasteiger partial charge is 0.136 e. The molecule has 0 spiro atoms. The van der Waals surface area contributed by atoms with Crippen LogP contribution in [0.15, 0.2) is 48.7 Å². The highest BCUT2D eigenvalue weighted by Crippen LogP contribution is 2.26. The predicted molar refractivity (Wildman–Crippen MR) is 104 cm³/mol. The van der Waals surface area contributed by atoms with Gasteiger partial charge in [0.15, 0.2) is 0 Å². The molecule has 1 N–H and O–H groups in total. The highest BCUT2D eigenvalue weighted by Gasteiger charge is 2.31. The third kappa shape index (κ3) is 6.03. The van der Waals surface area contributed by atoms with Crippen molar-refractivity contribution in [3.05, 3.63) is 59.9 Å². The van der Waals surface area contributed by atoms with E-state index in [9.17, 15) is 4.55 Å². The van der Waals surface area contributed by atoms with E-state index in [1.807, 2.05) is 63.2 Å². The van der Waals surface area contributed by atoms with Gasteiger partial charge < -0.3 is 9.29 Å². The van der Waals surface area contributed by atoms with Crippen LogP contribution in [0.3, 0.4) is 0 Å². The first-order valence-corrected chi connectivity index (χ1v) is 9.73. The maximum Gasteiger partial charge on any atom is 0.136 e. The zero-order valence-electron chi connectivity index (χ0n) is 15.7. The molecule has 0 radical (unpaired) electrons. The van der Waals surface area contributed by atoms with Crippen molar-refractivity contribution in [2.24, 2.45) is 5.92 Å². The molecule has 0 aliphatic heterocycles. The molecule has 1 unspecified atom stereocenters. The quantitative estimate of drug-likeness (QED) is 0.743. The molecule has 4 nitrogen and oxygen atoms in total. The average Bonchev–Trinajstić information content (AvgIpc) is 2.57. The monoisotopic (exact) mass is 360 g/mol. The van der Waals surface area contributed by atoms with Gasteiger partial charge in [-0.3, -0.25) is 4.98 Å². The Morgan fingerprint density at radius 1 is 1.16 bits per heavy atom. The molecule has 2 atom stereocenters. The number of ether oxygens (including phenoxy) is 1. The lowest BCUT2D eigenvalue weighted by atomic mass is 10.0. The number of nitrogens with zero attached hydrogens (tertiary/aromatic N) is 1. The first-order chi connectivity index (χ1) is 11.8. The number of hydrogen-bond acceptors (Lipinski definition) is 4. The third-order valence-electron chi connectivity index (χ3n) is 3.78. The maximum absolute atomic E-state index is 12.5. The van der Waals surface area contributed by atoms with Crippen molar-refractivity contribution in [3.8, 4) is 5.75 Å². The largest absolute Gasteiger partial charge is 0.598 e. The summed E-state index contributed by atoms with van der Waals surface area (Å²) in [5, 5.41) is 0. The van der Waals surface area contributed by atoms with Gasteiger partial charge in [0.25, 0.3) is 0 Å². The molecular formula is C20H28N2O2S. The molecule has 0 saturated heterocycles. The standard InChI is InChI=1S/C20H28N2O2S/c1-15(2)19(22-25(23)20(3,4)5)18-13-17(11-12-21-18)24-14-16-9-7-6-8-10-16/h6-13,15,19,22H,14H2,1-5H3/t19?,25-/m0/s1. The summed E-state index contributed by atoms with van der Waals surface area (Å²) in [4.78, 5) is 4.47. The molecule has 25 heavy (non-hydrogen) atoms. The van der Waals surface area contributed by atoms with Crippen LogP contribution >= 0.6 is 0 Å². The van der Waals surface area contributed by atoms with Crippen LogP contribution in [-0.2, 0) is 18.0 Å². The van der Waals surface area contributed by atoms with Gasteiger partial charge >= 0.3 is 0 Å². The second-order valence-electron chi connectivity index (χ2n) is 7.41. The zero-order chi connectivity index (χ0) is 18.4. The fourth-order valence-electron chi connectivity index (χ4n) is 2.26. The third-order valence-corrected chi connectivity index (χ3v) is 5.36. The number of aromatic nitrogens is 1. The van der Waals surface area contributed by atoms with Gasteiger partial charge in [0.2, 0.25) is 0 Å². The Bertz CT molecular complexity index is 656. The second kappa shape index (κ2) is 8.70. The molecule has 1 heterocycles. The maximum atomic E-state index is 12.5. The molecule has 0 bridgehead atoms. The van der Waals surface area contributed by atoms with Crippen LogP contribution in [0.4, 0.5) is 0 Å². The highest BCUT2D eigenvalue weighted by atomic mass is 32.2. The van der Waals surface area contributed by atoms with E-state index in [-0.39, 0.29) is 16.7 Å². The Morgan fingerprint density at radius 3 is 2.44 bits per heavy atom. The van der Waals surface area contributed by atoms with Crippen LogP contribution in [0.5, 0.6) is 5.75 Å². The molecule has 0 saturated carbocycles. The Morgan fingerprint density at radius 2 is 1.84 bits per heavy atom. The van der Waals surface area contributed by atoms with Crippen molar-refractivity contribution < 1.29 is 9.29 Å². The lowest BCUT2D eigenvalue weighted by Gasteiger charge is -2.29. The lowest BCUT2D eigenvalue weighted by Crippen LogP contribution is -2.42. The predicted octanol–water partition coefficient (Wildman–Crippen LogP) is 4.41. The molecule has 5 heteroatoms. The van der Waals surface area contributed by atoms with Gasteiger partial charge in [0, 0.05) is 23.6 Å². The number of rotatable bonds is 7. The van der Waals surface area contributed by atoms with E-state index in [1.165, 1.54) is 0 Å². The Labute approximate surface area is 154 Å². The highest BCUT2D eigenvalue weighted by molar-refractivity contribution is 7.90. The first kappa shape index (κ1) is 19.8. The van der Waals surface area contributed by atoms with E-state index in [1.54, 1.807) is 6.20 Å². The van der Waals surface area contributed by atoms with Gasteiger partial charge in [-0.1, -0.05) is 44.2 Å². The van der Waals surface area contributed by atoms with Gasteiger partial charge in [-0.05, 0) is 38.3 Å². The van der Waals surface area contributed by atoms with Crippen molar-refractivity contribution in [3.63, 3.8) is 0 Å². The SMILES string of the molecule is CC(C)C(N[S@@+]([O-])C(C)(C)C)c1cc(OCc2ccccc2)ccn1. The Balaban J connectivity index is 2.11. The van der Waals surface area contributed by atoms with Gasteiger partial charge in [0.1, 0.15) is 17.1 Å². The van der Waals surface area contributed by atoms with Crippen molar-refractivity contribution in [2.45, 2.75) is 52.0 Å². The number of nitrogens with one attached hydrogen (secondary N) is 1. The van der Waals surface area contributed by atoms with Crippen molar-refractivity contribution >= 4 is 11.4 Å². The van der Waals surface area contributed by atoms with Crippen LogP contribution in [0, 0.1) is 5.92 Å². The molecule has 2 aromatic rings. The summed E-state index contributed by atoms with van der Waals surface area (Å²) in [6.07, 6.45) is 1.74. The topological polar surface area (TPSA) is 57.2 Å². The van der Waals surface area contributed by atoms with Crippen LogP contribution in [-0.4, -0.2) is 14.3 Å². The summed E-state index contributed by atoms with van der Waals surface area (Å²) in [6.45, 7) is 10.6. The van der Waals surface area contributed by atoms with Gasteiger partial charge in [0.05, 0.1) is 11.7 Å². The molecular weight excluding hydrogens is 332 g/mol. The molecule has 0 fully saturated rings. The van der Waals surface area contributed by atoms with E-state index >= 15 is 0 Å². The molecule has 1 aromatic carbocycles. The fourth-order valence-corrected chi connectivity index (χ4v) is 3.24. The molecule has 0 amide bonds. The van der Waals surface area contributed by atoms with Gasteiger partial charge in [-0.25, -0.2) is 0 Å². The first-order valence-electron chi connectivity index (χ1n) is 8.58. The summed E-state index contributed by atoms with van der Waals surface area (Å²) in [5.41, 5.74) is 1.96. The minimum Gasteiger partial charge on any atom is -0.598 e. The molecule has 0 aliphatic carbocycles. The van der Waals surface area contributed by atoms with E-state index in [0.717, 1.165) is 17.0 Å². The summed E-state index contributed by atoms with van der Waals surface area (Å²) in [5.74, 6) is 1.02. The minimum atomic E-state index is -1.16. The van der Waals surface area contributed by atoms with Gasteiger partial charge in [-0.2, -0.15) is 0 Å². The number of hydrogen-bond donors (Lipinski definition) is 1. The van der Waals surface area contributed by atoms with E-state index in [2.05, 4.69) is 23.6 Å². The van der Waals surface area contributed by atoms with Crippen LogP contribution in [0.1, 0.15) is 51.9 Å². The molecule has 2 rings (SSSR count). The molecule has 136 valence electrons. The Kier molecular flexibility index (Phi) is 6.87. The summed E-state index contributed by atoms with van der Waals surface area (Å²) < 4.78 is 21.3. The second-order valence-corrected chi connectivity index (χ2v) is 9.41. The average molecular weight is 361 g/mol. The summed E-state index contributed by atoms with van der Waals surface area (Å²) in [6, 6.07) is 13.7. The summed E-state index contributed by atoms with van der Waals surface area (Å²) in [7, 11) is 0.